The van der Waals surface area contributed by atoms with Crippen LogP contribution in [0, 0.1) is 6.92 Å². The second-order valence-corrected chi connectivity index (χ2v) is 7.85. The Bertz CT molecular complexity index is 1180. The molecule has 2 heterocycles. The summed E-state index contributed by atoms with van der Waals surface area (Å²) in [6, 6.07) is 7.29. The van der Waals surface area contributed by atoms with Crippen LogP contribution in [0.4, 0.5) is 0 Å². The standard InChI is InChI=1S/C22H21ClN2O5S/c1-4-9-29-15-7-5-14(6-8-15)12-16(23)19-24-20(26)17-13(2)18(31-21(17)25-19)22(27)30-11-10-28-3/h4-8,12H,1,9-11H2,2-3H3,(H,24,25,26)/b16-12-. The van der Waals surface area contributed by atoms with Gasteiger partial charge in [0.25, 0.3) is 5.56 Å². The maximum absolute atomic E-state index is 12.6. The van der Waals surface area contributed by atoms with Crippen molar-refractivity contribution < 1.29 is 19.0 Å². The van der Waals surface area contributed by atoms with Crippen molar-refractivity contribution in [3.8, 4) is 5.75 Å². The lowest BCUT2D eigenvalue weighted by Crippen LogP contribution is -2.11. The topological polar surface area (TPSA) is 90.5 Å². The van der Waals surface area contributed by atoms with E-state index in [2.05, 4.69) is 16.5 Å². The summed E-state index contributed by atoms with van der Waals surface area (Å²) in [5.74, 6) is 0.408. The average molecular weight is 461 g/mol. The van der Waals surface area contributed by atoms with Crippen molar-refractivity contribution in [3.05, 3.63) is 69.1 Å². The highest BCUT2D eigenvalue weighted by molar-refractivity contribution is 7.20. The number of nitrogens with zero attached hydrogens (tertiary/aromatic N) is 1. The van der Waals surface area contributed by atoms with Gasteiger partial charge in [0.1, 0.15) is 28.7 Å². The Morgan fingerprint density at radius 3 is 2.71 bits per heavy atom. The van der Waals surface area contributed by atoms with E-state index in [0.717, 1.165) is 16.9 Å². The first kappa shape index (κ1) is 22.7. The van der Waals surface area contributed by atoms with Crippen LogP contribution in [0.15, 0.2) is 41.7 Å². The predicted molar refractivity (Wildman–Crippen MR) is 123 cm³/mol. The number of hydrogen-bond donors (Lipinski definition) is 1. The third-order valence-electron chi connectivity index (χ3n) is 4.27. The van der Waals surface area contributed by atoms with Crippen molar-refractivity contribution in [1.29, 1.82) is 0 Å². The number of hydrogen-bond acceptors (Lipinski definition) is 7. The number of ether oxygens (including phenoxy) is 3. The number of methoxy groups -OCH3 is 1. The van der Waals surface area contributed by atoms with Crippen LogP contribution in [0.1, 0.15) is 26.6 Å². The molecule has 3 aromatic rings. The van der Waals surface area contributed by atoms with Crippen molar-refractivity contribution in [1.82, 2.24) is 9.97 Å². The number of aromatic amines is 1. The number of carbonyl (C=O) groups is 1. The van der Waals surface area contributed by atoms with Gasteiger partial charge in [-0.15, -0.1) is 11.3 Å². The minimum atomic E-state index is -0.515. The zero-order valence-electron chi connectivity index (χ0n) is 17.1. The molecule has 0 radical (unpaired) electrons. The number of carbonyl (C=O) groups excluding carboxylic acids is 1. The Labute approximate surface area is 187 Å². The molecule has 0 spiro atoms. The van der Waals surface area contributed by atoms with Gasteiger partial charge in [-0.05, 0) is 36.3 Å². The summed E-state index contributed by atoms with van der Waals surface area (Å²) in [7, 11) is 1.52. The van der Waals surface area contributed by atoms with Gasteiger partial charge in [0.2, 0.25) is 0 Å². The number of esters is 1. The number of aryl methyl sites for hydroxylation is 1. The van der Waals surface area contributed by atoms with Gasteiger partial charge in [-0.3, -0.25) is 4.79 Å². The zero-order chi connectivity index (χ0) is 22.4. The van der Waals surface area contributed by atoms with E-state index in [1.54, 1.807) is 19.1 Å². The van der Waals surface area contributed by atoms with Crippen LogP contribution in [0.25, 0.3) is 21.3 Å². The fourth-order valence-electron chi connectivity index (χ4n) is 2.77. The van der Waals surface area contributed by atoms with Crippen LogP contribution in [0.3, 0.4) is 0 Å². The molecule has 3 rings (SSSR count). The van der Waals surface area contributed by atoms with Gasteiger partial charge in [-0.1, -0.05) is 36.4 Å². The molecule has 0 atom stereocenters. The molecule has 0 bridgehead atoms. The van der Waals surface area contributed by atoms with Gasteiger partial charge in [0, 0.05) is 7.11 Å². The van der Waals surface area contributed by atoms with Crippen LogP contribution in [-0.2, 0) is 9.47 Å². The lowest BCUT2D eigenvalue weighted by Gasteiger charge is -2.04. The Balaban J connectivity index is 1.88. The lowest BCUT2D eigenvalue weighted by molar-refractivity contribution is 0.0393. The van der Waals surface area contributed by atoms with E-state index in [0.29, 0.717) is 39.6 Å². The first-order valence-electron chi connectivity index (χ1n) is 9.35. The maximum atomic E-state index is 12.6. The van der Waals surface area contributed by atoms with E-state index in [-0.39, 0.29) is 23.0 Å². The van der Waals surface area contributed by atoms with Crippen LogP contribution < -0.4 is 10.3 Å². The number of aromatic nitrogens is 2. The largest absolute Gasteiger partial charge is 0.490 e. The molecule has 31 heavy (non-hydrogen) atoms. The number of fused-ring (bicyclic) bond motifs is 1. The summed E-state index contributed by atoms with van der Waals surface area (Å²) in [5, 5.41) is 0.606. The van der Waals surface area contributed by atoms with Gasteiger partial charge in [-0.25, -0.2) is 9.78 Å². The molecule has 162 valence electrons. The van der Waals surface area contributed by atoms with Crippen molar-refractivity contribution in [2.24, 2.45) is 0 Å². The summed E-state index contributed by atoms with van der Waals surface area (Å²) in [4.78, 5) is 32.8. The Morgan fingerprint density at radius 2 is 2.03 bits per heavy atom. The second-order valence-electron chi connectivity index (χ2n) is 6.44. The molecule has 0 aliphatic carbocycles. The fourth-order valence-corrected chi connectivity index (χ4v) is 4.06. The Morgan fingerprint density at radius 1 is 1.29 bits per heavy atom. The van der Waals surface area contributed by atoms with Crippen LogP contribution in [0.5, 0.6) is 5.75 Å². The number of rotatable bonds is 9. The molecule has 0 fully saturated rings. The monoisotopic (exact) mass is 460 g/mol. The van der Waals surface area contributed by atoms with Gasteiger partial charge < -0.3 is 19.2 Å². The molecule has 0 aliphatic heterocycles. The molecule has 0 unspecified atom stereocenters. The van der Waals surface area contributed by atoms with E-state index >= 15 is 0 Å². The molecule has 9 heteroatoms. The third kappa shape index (κ3) is 5.41. The van der Waals surface area contributed by atoms with Crippen molar-refractivity contribution in [2.45, 2.75) is 6.92 Å². The van der Waals surface area contributed by atoms with Gasteiger partial charge in [0.15, 0.2) is 5.82 Å². The number of H-pyrrole nitrogens is 1. The molecule has 1 N–H and O–H groups in total. The minimum Gasteiger partial charge on any atom is -0.490 e. The molecule has 0 amide bonds. The first-order chi connectivity index (χ1) is 14.9. The molecule has 1 aromatic carbocycles. The summed E-state index contributed by atoms with van der Waals surface area (Å²) in [5.41, 5.74) is 0.964. The number of benzene rings is 1. The maximum Gasteiger partial charge on any atom is 0.348 e. The summed E-state index contributed by atoms with van der Waals surface area (Å²) >= 11 is 7.51. The molecule has 0 aliphatic rings. The Kier molecular flexibility index (Phi) is 7.62. The van der Waals surface area contributed by atoms with Gasteiger partial charge >= 0.3 is 5.97 Å². The van der Waals surface area contributed by atoms with E-state index in [1.165, 1.54) is 7.11 Å². The van der Waals surface area contributed by atoms with Crippen molar-refractivity contribution >= 4 is 50.2 Å². The van der Waals surface area contributed by atoms with Crippen LogP contribution in [-0.4, -0.2) is 42.9 Å². The van der Waals surface area contributed by atoms with Crippen LogP contribution >= 0.6 is 22.9 Å². The SMILES string of the molecule is C=CCOc1ccc(/C=C(\Cl)c2nc3sc(C(=O)OCCOC)c(C)c3c(=O)[nH]2)cc1. The minimum absolute atomic E-state index is 0.129. The summed E-state index contributed by atoms with van der Waals surface area (Å²) < 4.78 is 15.5. The molecular formula is C22H21ClN2O5S. The highest BCUT2D eigenvalue weighted by Gasteiger charge is 2.21. The molecule has 0 saturated heterocycles. The highest BCUT2D eigenvalue weighted by atomic mass is 35.5. The van der Waals surface area contributed by atoms with Gasteiger partial charge in [0.05, 0.1) is 17.0 Å². The molecule has 7 nitrogen and oxygen atoms in total. The van der Waals surface area contributed by atoms with Crippen molar-refractivity contribution in [2.75, 3.05) is 26.9 Å². The Hall–Kier alpha value is -2.94. The van der Waals surface area contributed by atoms with E-state index in [1.807, 2.05) is 24.3 Å². The normalized spacial score (nSPS) is 11.5. The molecule has 0 saturated carbocycles. The van der Waals surface area contributed by atoms with E-state index < -0.39 is 5.97 Å². The third-order valence-corrected chi connectivity index (χ3v) is 5.73. The first-order valence-corrected chi connectivity index (χ1v) is 10.5. The summed E-state index contributed by atoms with van der Waals surface area (Å²) in [6.45, 7) is 6.14. The number of thiophene rings is 1. The molecular weight excluding hydrogens is 440 g/mol. The lowest BCUT2D eigenvalue weighted by atomic mass is 10.2. The fraction of sp³-hybridized carbons (Fsp3) is 0.227. The van der Waals surface area contributed by atoms with Gasteiger partial charge in [-0.2, -0.15) is 0 Å². The van der Waals surface area contributed by atoms with E-state index in [9.17, 15) is 9.59 Å². The quantitative estimate of drug-likeness (QED) is 0.289. The molecule has 2 aromatic heterocycles. The highest BCUT2D eigenvalue weighted by Crippen LogP contribution is 2.29. The smallest absolute Gasteiger partial charge is 0.348 e. The van der Waals surface area contributed by atoms with Crippen molar-refractivity contribution in [3.63, 3.8) is 0 Å². The second kappa shape index (κ2) is 10.4. The van der Waals surface area contributed by atoms with E-state index in [4.69, 9.17) is 25.8 Å². The number of halogens is 1. The predicted octanol–water partition coefficient (Wildman–Crippen LogP) is 4.40. The summed E-state index contributed by atoms with van der Waals surface area (Å²) in [6.07, 6.45) is 3.35. The average Bonchev–Trinajstić information content (AvgIpc) is 3.10. The van der Waals surface area contributed by atoms with Crippen LogP contribution in [0.2, 0.25) is 0 Å². The zero-order valence-corrected chi connectivity index (χ0v) is 18.6. The number of nitrogens with one attached hydrogen (secondary N) is 1.